The molecule has 0 fully saturated rings. The quantitative estimate of drug-likeness (QED) is 0.858. The van der Waals surface area contributed by atoms with Gasteiger partial charge in [-0.25, -0.2) is 4.79 Å². The smallest absolute Gasteiger partial charge is 0.326 e. The molecular weight excluding hydrogens is 274 g/mol. The van der Waals surface area contributed by atoms with Gasteiger partial charge in [0.25, 0.3) is 5.91 Å². The molecule has 2 N–H and O–H groups in total. The normalized spacial score (nSPS) is 12.2. The summed E-state index contributed by atoms with van der Waals surface area (Å²) in [5.41, 5.74) is 0.499. The molecule has 0 saturated carbocycles. The second-order valence-corrected chi connectivity index (χ2v) is 5.63. The van der Waals surface area contributed by atoms with Crippen molar-refractivity contribution in [3.8, 4) is 0 Å². The molecule has 20 heavy (non-hydrogen) atoms. The predicted octanol–water partition coefficient (Wildman–Crippen LogP) is 3.27. The number of carboxylic acids is 1. The van der Waals surface area contributed by atoms with Crippen LogP contribution < -0.4 is 5.32 Å². The number of rotatable bonds is 6. The first-order valence-electron chi connectivity index (χ1n) is 6.62. The van der Waals surface area contributed by atoms with E-state index in [4.69, 9.17) is 5.11 Å². The summed E-state index contributed by atoms with van der Waals surface area (Å²) in [6, 6.07) is 6.53. The standard InChI is InChI=1S/C15H17NO3S/c1-2-3-4-12(15(18)19)16-14(17)11-5-6-13-10(9-11)7-8-20-13/h5-9,12H,2-4H2,1H3,(H,16,17)(H,18,19)/t12-/m0/s1. The van der Waals surface area contributed by atoms with E-state index in [2.05, 4.69) is 5.32 Å². The van der Waals surface area contributed by atoms with E-state index in [1.807, 2.05) is 24.4 Å². The van der Waals surface area contributed by atoms with Crippen LogP contribution in [0, 0.1) is 0 Å². The second kappa shape index (κ2) is 6.52. The molecule has 0 aliphatic carbocycles. The third-order valence-corrected chi connectivity index (χ3v) is 4.06. The highest BCUT2D eigenvalue weighted by molar-refractivity contribution is 7.17. The van der Waals surface area contributed by atoms with E-state index in [-0.39, 0.29) is 5.91 Å². The third kappa shape index (κ3) is 3.36. The molecule has 2 aromatic rings. The molecule has 1 atom stereocenters. The van der Waals surface area contributed by atoms with Gasteiger partial charge >= 0.3 is 5.97 Å². The van der Waals surface area contributed by atoms with Crippen molar-refractivity contribution in [3.63, 3.8) is 0 Å². The van der Waals surface area contributed by atoms with Crippen molar-refractivity contribution in [2.75, 3.05) is 0 Å². The Balaban J connectivity index is 2.10. The summed E-state index contributed by atoms with van der Waals surface area (Å²) in [5.74, 6) is -1.31. The number of carbonyl (C=O) groups excluding carboxylic acids is 1. The number of hydrogen-bond acceptors (Lipinski definition) is 3. The van der Waals surface area contributed by atoms with Crippen LogP contribution in [0.1, 0.15) is 36.5 Å². The van der Waals surface area contributed by atoms with Crippen molar-refractivity contribution < 1.29 is 14.7 Å². The van der Waals surface area contributed by atoms with Crippen molar-refractivity contribution in [2.24, 2.45) is 0 Å². The van der Waals surface area contributed by atoms with Crippen LogP contribution in [0.3, 0.4) is 0 Å². The number of unbranched alkanes of at least 4 members (excludes halogenated alkanes) is 1. The molecule has 0 aliphatic heterocycles. The Kier molecular flexibility index (Phi) is 4.74. The molecule has 2 rings (SSSR count). The van der Waals surface area contributed by atoms with E-state index in [0.29, 0.717) is 12.0 Å². The first-order valence-corrected chi connectivity index (χ1v) is 7.50. The minimum Gasteiger partial charge on any atom is -0.480 e. The number of benzene rings is 1. The number of nitrogens with one attached hydrogen (secondary N) is 1. The van der Waals surface area contributed by atoms with Gasteiger partial charge in [0.15, 0.2) is 0 Å². The van der Waals surface area contributed by atoms with E-state index in [1.54, 1.807) is 23.5 Å². The summed E-state index contributed by atoms with van der Waals surface area (Å²) >= 11 is 1.61. The Bertz CT molecular complexity index is 620. The molecule has 106 valence electrons. The lowest BCUT2D eigenvalue weighted by Crippen LogP contribution is -2.40. The summed E-state index contributed by atoms with van der Waals surface area (Å²) in [6.45, 7) is 1.99. The minimum absolute atomic E-state index is 0.332. The lowest BCUT2D eigenvalue weighted by molar-refractivity contribution is -0.139. The summed E-state index contributed by atoms with van der Waals surface area (Å²) in [6.07, 6.45) is 2.14. The van der Waals surface area contributed by atoms with Gasteiger partial charge in [-0.15, -0.1) is 11.3 Å². The first-order chi connectivity index (χ1) is 9.61. The van der Waals surface area contributed by atoms with Gasteiger partial charge < -0.3 is 10.4 Å². The third-order valence-electron chi connectivity index (χ3n) is 3.16. The predicted molar refractivity (Wildman–Crippen MR) is 80.2 cm³/mol. The lowest BCUT2D eigenvalue weighted by Gasteiger charge is -2.14. The van der Waals surface area contributed by atoms with Gasteiger partial charge in [0.05, 0.1) is 0 Å². The SMILES string of the molecule is CCCC[C@H](NC(=O)c1ccc2sccc2c1)C(=O)O. The fraction of sp³-hybridized carbons (Fsp3) is 0.333. The monoisotopic (exact) mass is 291 g/mol. The Morgan fingerprint density at radius 1 is 1.35 bits per heavy atom. The van der Waals surface area contributed by atoms with Crippen LogP contribution in [-0.4, -0.2) is 23.0 Å². The van der Waals surface area contributed by atoms with Gasteiger partial charge in [-0.2, -0.15) is 0 Å². The Morgan fingerprint density at radius 2 is 2.15 bits per heavy atom. The van der Waals surface area contributed by atoms with Crippen molar-refractivity contribution in [3.05, 3.63) is 35.2 Å². The molecular formula is C15H17NO3S. The number of fused-ring (bicyclic) bond motifs is 1. The topological polar surface area (TPSA) is 66.4 Å². The average molecular weight is 291 g/mol. The van der Waals surface area contributed by atoms with Crippen LogP contribution in [0.2, 0.25) is 0 Å². The number of hydrogen-bond donors (Lipinski definition) is 2. The number of carbonyl (C=O) groups is 2. The van der Waals surface area contributed by atoms with Gasteiger partial charge in [0.1, 0.15) is 6.04 Å². The van der Waals surface area contributed by atoms with Crippen molar-refractivity contribution in [2.45, 2.75) is 32.2 Å². The minimum atomic E-state index is -0.983. The highest BCUT2D eigenvalue weighted by atomic mass is 32.1. The summed E-state index contributed by atoms with van der Waals surface area (Å²) in [7, 11) is 0. The number of thiophene rings is 1. The zero-order valence-corrected chi connectivity index (χ0v) is 12.1. The van der Waals surface area contributed by atoms with Crippen molar-refractivity contribution in [1.29, 1.82) is 0 Å². The van der Waals surface area contributed by atoms with Gasteiger partial charge in [-0.3, -0.25) is 4.79 Å². The van der Waals surface area contributed by atoms with Crippen LogP contribution >= 0.6 is 11.3 Å². The van der Waals surface area contributed by atoms with Crippen LogP contribution in [0.15, 0.2) is 29.6 Å². The molecule has 1 aromatic heterocycles. The average Bonchev–Trinajstić information content (AvgIpc) is 2.90. The zero-order chi connectivity index (χ0) is 14.5. The summed E-state index contributed by atoms with van der Waals surface area (Å²) < 4.78 is 1.11. The van der Waals surface area contributed by atoms with Crippen molar-refractivity contribution >= 4 is 33.3 Å². The summed E-state index contributed by atoms with van der Waals surface area (Å²) in [5, 5.41) is 14.7. The van der Waals surface area contributed by atoms with E-state index in [1.165, 1.54) is 0 Å². The molecule has 0 radical (unpaired) electrons. The van der Waals surface area contributed by atoms with Gasteiger partial charge in [0, 0.05) is 10.3 Å². The van der Waals surface area contributed by atoms with Crippen LogP contribution in [-0.2, 0) is 4.79 Å². The first kappa shape index (κ1) is 14.5. The molecule has 1 heterocycles. The number of amides is 1. The fourth-order valence-electron chi connectivity index (χ4n) is 2.02. The maximum atomic E-state index is 12.1. The molecule has 0 unspecified atom stereocenters. The van der Waals surface area contributed by atoms with Gasteiger partial charge in [-0.05, 0) is 41.5 Å². The second-order valence-electron chi connectivity index (χ2n) is 4.68. The molecule has 0 saturated heterocycles. The van der Waals surface area contributed by atoms with Crippen LogP contribution in [0.25, 0.3) is 10.1 Å². The highest BCUT2D eigenvalue weighted by Gasteiger charge is 2.20. The molecule has 1 amide bonds. The van der Waals surface area contributed by atoms with E-state index < -0.39 is 12.0 Å². The highest BCUT2D eigenvalue weighted by Crippen LogP contribution is 2.21. The summed E-state index contributed by atoms with van der Waals surface area (Å²) in [4.78, 5) is 23.2. The Labute approximate surface area is 121 Å². The van der Waals surface area contributed by atoms with E-state index in [9.17, 15) is 9.59 Å². The van der Waals surface area contributed by atoms with Gasteiger partial charge in [-0.1, -0.05) is 19.8 Å². The zero-order valence-electron chi connectivity index (χ0n) is 11.3. The van der Waals surface area contributed by atoms with E-state index >= 15 is 0 Å². The van der Waals surface area contributed by atoms with Gasteiger partial charge in [0.2, 0.25) is 0 Å². The number of carboxylic acid groups (broad SMARTS) is 1. The molecule has 1 aromatic carbocycles. The Morgan fingerprint density at radius 3 is 2.85 bits per heavy atom. The molecule has 0 aliphatic rings. The lowest BCUT2D eigenvalue weighted by atomic mass is 10.1. The van der Waals surface area contributed by atoms with E-state index in [0.717, 1.165) is 22.9 Å². The Hall–Kier alpha value is -1.88. The maximum absolute atomic E-state index is 12.1. The van der Waals surface area contributed by atoms with Crippen LogP contribution in [0.5, 0.6) is 0 Å². The molecule has 0 bridgehead atoms. The molecule has 5 heteroatoms. The van der Waals surface area contributed by atoms with Crippen molar-refractivity contribution in [1.82, 2.24) is 5.32 Å². The maximum Gasteiger partial charge on any atom is 0.326 e. The fourth-order valence-corrected chi connectivity index (χ4v) is 2.79. The largest absolute Gasteiger partial charge is 0.480 e. The molecule has 4 nitrogen and oxygen atoms in total. The molecule has 0 spiro atoms. The van der Waals surface area contributed by atoms with Crippen LogP contribution in [0.4, 0.5) is 0 Å². The number of aliphatic carboxylic acids is 1.